The molecule has 2 aliphatic rings. The van der Waals surface area contributed by atoms with E-state index in [1.807, 2.05) is 48.5 Å². The van der Waals surface area contributed by atoms with E-state index in [0.717, 1.165) is 38.7 Å². The summed E-state index contributed by atoms with van der Waals surface area (Å²) in [5, 5.41) is 11.6. The molecule has 3 amide bonds. The van der Waals surface area contributed by atoms with Crippen molar-refractivity contribution < 1.29 is 9.59 Å². The second kappa shape index (κ2) is 9.63. The number of carbonyl (C=O) groups is 2. The van der Waals surface area contributed by atoms with E-state index < -0.39 is 11.9 Å². The van der Waals surface area contributed by atoms with Crippen LogP contribution in [0.5, 0.6) is 0 Å². The van der Waals surface area contributed by atoms with Crippen molar-refractivity contribution in [2.45, 2.75) is 19.4 Å². The number of hydrogen-bond acceptors (Lipinski definition) is 8. The molecule has 0 bridgehead atoms. The highest BCUT2D eigenvalue weighted by atomic mass is 32.1. The molecule has 4 aromatic rings. The molecule has 0 radical (unpaired) electrons. The third-order valence-electron chi connectivity index (χ3n) is 6.12. The third-order valence-corrected chi connectivity index (χ3v) is 8.11. The van der Waals surface area contributed by atoms with Crippen molar-refractivity contribution in [3.8, 4) is 0 Å². The summed E-state index contributed by atoms with van der Waals surface area (Å²) in [6.07, 6.45) is 4.24. The molecular weight excluding hydrogens is 492 g/mol. The summed E-state index contributed by atoms with van der Waals surface area (Å²) < 4.78 is 0.963. The van der Waals surface area contributed by atoms with E-state index in [1.165, 1.54) is 46.1 Å². The maximum Gasteiger partial charge on any atom is 0.329 e. The smallest absolute Gasteiger partial charge is 0.329 e. The average molecular weight is 515 g/mol. The van der Waals surface area contributed by atoms with E-state index >= 15 is 0 Å². The molecule has 8 nitrogen and oxygen atoms in total. The molecule has 2 aliphatic heterocycles. The van der Waals surface area contributed by atoms with Crippen LogP contribution in [-0.4, -0.2) is 34.9 Å². The Labute approximate surface area is 215 Å². The number of aromatic nitrogens is 1. The Balaban J connectivity index is 1.18. The van der Waals surface area contributed by atoms with Gasteiger partial charge < -0.3 is 4.90 Å². The molecule has 1 N–H and O–H groups in total. The molecule has 0 unspecified atom stereocenters. The highest BCUT2D eigenvalue weighted by molar-refractivity contribution is 7.29. The number of nitrogens with one attached hydrogen (secondary N) is 1. The Morgan fingerprint density at radius 2 is 1.75 bits per heavy atom. The van der Waals surface area contributed by atoms with E-state index in [4.69, 9.17) is 0 Å². The maximum atomic E-state index is 12.4. The van der Waals surface area contributed by atoms with Crippen molar-refractivity contribution in [1.82, 2.24) is 15.2 Å². The minimum Gasteiger partial charge on any atom is -0.372 e. The number of azo groups is 1. The molecule has 0 saturated carbocycles. The fraction of sp³-hybridized carbons (Fsp3) is 0.192. The Morgan fingerprint density at radius 3 is 2.50 bits per heavy atom. The second-order valence-electron chi connectivity index (χ2n) is 8.59. The Kier molecular flexibility index (Phi) is 6.04. The summed E-state index contributed by atoms with van der Waals surface area (Å²) in [6, 6.07) is 19.3. The van der Waals surface area contributed by atoms with Gasteiger partial charge in [0, 0.05) is 23.7 Å². The van der Waals surface area contributed by atoms with Crippen molar-refractivity contribution in [3.63, 3.8) is 0 Å². The van der Waals surface area contributed by atoms with Gasteiger partial charge in [0.05, 0.1) is 16.9 Å². The molecular formula is C26H22N6O2S2. The minimum absolute atomic E-state index is 0.325. The van der Waals surface area contributed by atoms with Gasteiger partial charge in [-0.3, -0.25) is 15.0 Å². The van der Waals surface area contributed by atoms with Crippen molar-refractivity contribution in [2.24, 2.45) is 10.2 Å². The fourth-order valence-electron chi connectivity index (χ4n) is 4.32. The first-order valence-electron chi connectivity index (χ1n) is 11.7. The van der Waals surface area contributed by atoms with Crippen LogP contribution in [0.1, 0.15) is 23.3 Å². The fourth-order valence-corrected chi connectivity index (χ4v) is 6.30. The molecule has 0 spiro atoms. The molecule has 2 fully saturated rings. The van der Waals surface area contributed by atoms with E-state index in [9.17, 15) is 9.59 Å². The van der Waals surface area contributed by atoms with Crippen molar-refractivity contribution in [2.75, 3.05) is 18.0 Å². The molecule has 2 aromatic carbocycles. The van der Waals surface area contributed by atoms with Crippen LogP contribution >= 0.6 is 22.7 Å². The number of amides is 3. The molecule has 10 heteroatoms. The molecule has 0 aliphatic carbocycles. The SMILES string of the molecule is O=C1NC(=O)N(Cc2ccccc2)/C1=C/c1cc2sc(/N=N/c3ccc(N4CCCC4)cc3)nc2s1. The van der Waals surface area contributed by atoms with Gasteiger partial charge in [0.1, 0.15) is 10.5 Å². The van der Waals surface area contributed by atoms with Crippen LogP contribution in [0.3, 0.4) is 0 Å². The predicted molar refractivity (Wildman–Crippen MR) is 143 cm³/mol. The lowest BCUT2D eigenvalue weighted by atomic mass is 10.2. The zero-order valence-corrected chi connectivity index (χ0v) is 20.9. The molecule has 0 atom stereocenters. The number of fused-ring (bicyclic) bond motifs is 1. The quantitative estimate of drug-likeness (QED) is 0.181. The number of imide groups is 1. The lowest BCUT2D eigenvalue weighted by molar-refractivity contribution is -0.116. The minimum atomic E-state index is -0.414. The lowest BCUT2D eigenvalue weighted by Gasteiger charge is -2.17. The molecule has 36 heavy (non-hydrogen) atoms. The molecule has 2 aromatic heterocycles. The number of nitrogens with zero attached hydrogens (tertiary/aromatic N) is 5. The Bertz CT molecular complexity index is 1450. The number of thiazole rings is 1. The maximum absolute atomic E-state index is 12.4. The van der Waals surface area contributed by atoms with Gasteiger partial charge in [0.15, 0.2) is 0 Å². The monoisotopic (exact) mass is 514 g/mol. The standard InChI is InChI=1S/C26H22N6O2S2/c33-23-21(32(26(34)27-23)16-17-6-2-1-3-7-17)14-20-15-22-24(35-20)28-25(36-22)30-29-18-8-10-19(11-9-18)31-12-4-5-13-31/h1-3,6-11,14-15H,4-5,12-13,16H2,(H,27,33,34)/b21-14+,30-29+. The summed E-state index contributed by atoms with van der Waals surface area (Å²) in [5.41, 5.74) is 3.29. The number of benzene rings is 2. The zero-order valence-electron chi connectivity index (χ0n) is 19.3. The van der Waals surface area contributed by atoms with Crippen molar-refractivity contribution in [1.29, 1.82) is 0 Å². The highest BCUT2D eigenvalue weighted by Gasteiger charge is 2.33. The molecule has 4 heterocycles. The summed E-state index contributed by atoms with van der Waals surface area (Å²) in [6.45, 7) is 2.55. The van der Waals surface area contributed by atoms with Gasteiger partial charge in [0.25, 0.3) is 5.91 Å². The number of hydrogen-bond donors (Lipinski definition) is 1. The van der Waals surface area contributed by atoms with Gasteiger partial charge in [-0.05, 0) is 54.8 Å². The van der Waals surface area contributed by atoms with Crippen LogP contribution in [0.15, 0.2) is 76.6 Å². The summed E-state index contributed by atoms with van der Waals surface area (Å²) in [4.78, 5) is 34.9. The van der Waals surface area contributed by atoms with Gasteiger partial charge in [0.2, 0.25) is 5.13 Å². The van der Waals surface area contributed by atoms with Crippen LogP contribution in [0.25, 0.3) is 15.6 Å². The van der Waals surface area contributed by atoms with Gasteiger partial charge in [-0.1, -0.05) is 41.7 Å². The van der Waals surface area contributed by atoms with Crippen LogP contribution < -0.4 is 10.2 Å². The largest absolute Gasteiger partial charge is 0.372 e. The van der Waals surface area contributed by atoms with E-state index in [2.05, 4.69) is 37.6 Å². The summed E-state index contributed by atoms with van der Waals surface area (Å²) in [7, 11) is 0. The number of carbonyl (C=O) groups excluding carboxylic acids is 2. The molecule has 180 valence electrons. The van der Waals surface area contributed by atoms with Gasteiger partial charge >= 0.3 is 6.03 Å². The number of thiophene rings is 1. The van der Waals surface area contributed by atoms with Crippen LogP contribution in [0.4, 0.5) is 21.3 Å². The van der Waals surface area contributed by atoms with Crippen molar-refractivity contribution >= 4 is 66.7 Å². The average Bonchev–Trinajstić information content (AvgIpc) is 3.66. The number of rotatable bonds is 6. The molecule has 6 rings (SSSR count). The van der Waals surface area contributed by atoms with Gasteiger partial charge in [-0.25, -0.2) is 9.78 Å². The topological polar surface area (TPSA) is 90.3 Å². The first kappa shape index (κ1) is 22.6. The number of anilines is 1. The highest BCUT2D eigenvalue weighted by Crippen LogP contribution is 2.36. The Hall–Kier alpha value is -3.89. The van der Waals surface area contributed by atoms with Gasteiger partial charge in [-0.2, -0.15) is 0 Å². The van der Waals surface area contributed by atoms with Crippen LogP contribution in [-0.2, 0) is 11.3 Å². The lowest BCUT2D eigenvalue weighted by Crippen LogP contribution is -2.27. The normalized spacial score (nSPS) is 17.3. The molecule has 2 saturated heterocycles. The number of urea groups is 1. The second-order valence-corrected chi connectivity index (χ2v) is 10.7. The predicted octanol–water partition coefficient (Wildman–Crippen LogP) is 6.47. The Morgan fingerprint density at radius 1 is 0.972 bits per heavy atom. The van der Waals surface area contributed by atoms with Crippen LogP contribution in [0.2, 0.25) is 0 Å². The van der Waals surface area contributed by atoms with Crippen LogP contribution in [0, 0.1) is 0 Å². The third kappa shape index (κ3) is 4.65. The zero-order chi connectivity index (χ0) is 24.5. The van der Waals surface area contributed by atoms with Gasteiger partial charge in [-0.15, -0.1) is 21.6 Å². The van der Waals surface area contributed by atoms with E-state index in [-0.39, 0.29) is 0 Å². The first-order valence-corrected chi connectivity index (χ1v) is 13.3. The van der Waals surface area contributed by atoms with E-state index in [1.54, 1.807) is 6.08 Å². The first-order chi connectivity index (χ1) is 17.6. The van der Waals surface area contributed by atoms with Crippen molar-refractivity contribution in [3.05, 3.63) is 76.8 Å². The van der Waals surface area contributed by atoms with E-state index in [0.29, 0.717) is 17.4 Å². The summed E-state index contributed by atoms with van der Waals surface area (Å²) >= 11 is 2.90. The summed E-state index contributed by atoms with van der Waals surface area (Å²) in [5.74, 6) is -0.397.